The first kappa shape index (κ1) is 27.4. The molecule has 0 aliphatic heterocycles. The number of anilines is 2. The summed E-state index contributed by atoms with van der Waals surface area (Å²) >= 11 is 2.89. The van der Waals surface area contributed by atoms with E-state index in [2.05, 4.69) is 42.1 Å². The summed E-state index contributed by atoms with van der Waals surface area (Å²) < 4.78 is 2.04. The van der Waals surface area contributed by atoms with Crippen molar-refractivity contribution in [3.8, 4) is 0 Å². The number of nitrogens with zero attached hydrogens (tertiary/aromatic N) is 5. The lowest BCUT2D eigenvalue weighted by Crippen LogP contribution is -2.14. The van der Waals surface area contributed by atoms with Gasteiger partial charge < -0.3 is 20.2 Å². The van der Waals surface area contributed by atoms with E-state index in [1.807, 2.05) is 66.5 Å². The number of aromatic amines is 1. The van der Waals surface area contributed by atoms with Crippen LogP contribution >= 0.6 is 22.7 Å². The Labute approximate surface area is 255 Å². The minimum absolute atomic E-state index is 0.103. The van der Waals surface area contributed by atoms with Gasteiger partial charge in [0.1, 0.15) is 10.0 Å². The van der Waals surface area contributed by atoms with Gasteiger partial charge in [-0.05, 0) is 42.5 Å². The fourth-order valence-corrected chi connectivity index (χ4v) is 7.87. The minimum atomic E-state index is -0.113. The molecule has 4 aromatic heterocycles. The Bertz CT molecular complexity index is 1940. The lowest BCUT2D eigenvalue weighted by Gasteiger charge is -2.25. The Kier molecular flexibility index (Phi) is 7.45. The molecule has 0 spiro atoms. The third-order valence-electron chi connectivity index (χ3n) is 8.10. The van der Waals surface area contributed by atoms with Gasteiger partial charge in [0, 0.05) is 53.1 Å². The first-order valence-corrected chi connectivity index (χ1v) is 16.0. The molecule has 12 heteroatoms. The second-order valence-electron chi connectivity index (χ2n) is 11.0. The van der Waals surface area contributed by atoms with Crippen molar-refractivity contribution in [3.63, 3.8) is 0 Å². The SMILES string of the molecule is Cn1cc(CC(=O)Nc2nnc([C@H]3CCC[C@H](c4nnc(NC(=O)Cc5c[nH]c6ccccc56)s4)C3)s2)c2ccccc21. The summed E-state index contributed by atoms with van der Waals surface area (Å²) in [6.45, 7) is 0. The van der Waals surface area contributed by atoms with Crippen LogP contribution in [0.4, 0.5) is 10.3 Å². The predicted octanol–water partition coefficient (Wildman–Crippen LogP) is 6.17. The normalized spacial score (nSPS) is 17.0. The van der Waals surface area contributed by atoms with Crippen LogP contribution in [0.1, 0.15) is 58.7 Å². The van der Waals surface area contributed by atoms with E-state index in [4.69, 9.17) is 0 Å². The van der Waals surface area contributed by atoms with Gasteiger partial charge in [-0.15, -0.1) is 20.4 Å². The number of H-pyrrole nitrogens is 1. The van der Waals surface area contributed by atoms with E-state index in [0.29, 0.717) is 10.3 Å². The highest BCUT2D eigenvalue weighted by Gasteiger charge is 2.29. The van der Waals surface area contributed by atoms with Crippen molar-refractivity contribution >= 4 is 66.6 Å². The molecule has 1 fully saturated rings. The van der Waals surface area contributed by atoms with Crippen LogP contribution in [0.5, 0.6) is 0 Å². The van der Waals surface area contributed by atoms with E-state index in [-0.39, 0.29) is 36.5 Å². The number of nitrogens with one attached hydrogen (secondary N) is 3. The van der Waals surface area contributed by atoms with Gasteiger partial charge in [-0.25, -0.2) is 0 Å². The topological polar surface area (TPSA) is 130 Å². The highest BCUT2D eigenvalue weighted by Crippen LogP contribution is 2.43. The van der Waals surface area contributed by atoms with Crippen LogP contribution in [0.3, 0.4) is 0 Å². The second-order valence-corrected chi connectivity index (χ2v) is 13.1. The van der Waals surface area contributed by atoms with Crippen LogP contribution < -0.4 is 10.6 Å². The van der Waals surface area contributed by atoms with Gasteiger partial charge >= 0.3 is 0 Å². The molecule has 3 N–H and O–H groups in total. The first-order chi connectivity index (χ1) is 21.0. The average Bonchev–Trinajstić information content (AvgIpc) is 3.82. The number of carbonyl (C=O) groups excluding carboxylic acids is 2. The summed E-state index contributed by atoms with van der Waals surface area (Å²) in [6, 6.07) is 16.0. The van der Waals surface area contributed by atoms with Crippen LogP contribution in [0.15, 0.2) is 60.9 Å². The number of fused-ring (bicyclic) bond motifs is 2. The second kappa shape index (κ2) is 11.7. The van der Waals surface area contributed by atoms with E-state index in [0.717, 1.165) is 68.6 Å². The van der Waals surface area contributed by atoms with Gasteiger partial charge in [-0.2, -0.15) is 0 Å². The number of hydrogen-bond acceptors (Lipinski definition) is 8. The molecular formula is C31H30N8O2S2. The van der Waals surface area contributed by atoms with E-state index >= 15 is 0 Å². The van der Waals surface area contributed by atoms with Crippen LogP contribution in [0, 0.1) is 0 Å². The number of para-hydroxylation sites is 2. The van der Waals surface area contributed by atoms with Gasteiger partial charge in [0.15, 0.2) is 0 Å². The van der Waals surface area contributed by atoms with Crippen molar-refractivity contribution < 1.29 is 9.59 Å². The quantitative estimate of drug-likeness (QED) is 0.189. The molecule has 43 heavy (non-hydrogen) atoms. The lowest BCUT2D eigenvalue weighted by atomic mass is 9.82. The third-order valence-corrected chi connectivity index (χ3v) is 10.1. The van der Waals surface area contributed by atoms with Crippen molar-refractivity contribution in [2.45, 2.75) is 50.4 Å². The monoisotopic (exact) mass is 610 g/mol. The molecule has 0 radical (unpaired) electrons. The number of carbonyl (C=O) groups is 2. The number of rotatable bonds is 8. The van der Waals surface area contributed by atoms with Crippen molar-refractivity contribution in [2.24, 2.45) is 7.05 Å². The molecule has 10 nitrogen and oxygen atoms in total. The van der Waals surface area contributed by atoms with Crippen molar-refractivity contribution in [2.75, 3.05) is 10.6 Å². The lowest BCUT2D eigenvalue weighted by molar-refractivity contribution is -0.116. The van der Waals surface area contributed by atoms with Crippen molar-refractivity contribution in [1.29, 1.82) is 0 Å². The smallest absolute Gasteiger partial charge is 0.230 e. The minimum Gasteiger partial charge on any atom is -0.361 e. The summed E-state index contributed by atoms with van der Waals surface area (Å²) in [6.07, 6.45) is 8.39. The van der Waals surface area contributed by atoms with Crippen LogP contribution in [-0.2, 0) is 29.5 Å². The Morgan fingerprint density at radius 1 is 0.837 bits per heavy atom. The Balaban J connectivity index is 0.953. The Morgan fingerprint density at radius 2 is 1.44 bits per heavy atom. The summed E-state index contributed by atoms with van der Waals surface area (Å²) in [5, 5.41) is 28.3. The average molecular weight is 611 g/mol. The number of benzene rings is 2. The largest absolute Gasteiger partial charge is 0.361 e. The zero-order valence-corrected chi connectivity index (χ0v) is 25.2. The maximum Gasteiger partial charge on any atom is 0.230 e. The summed E-state index contributed by atoms with van der Waals surface area (Å²) in [5.41, 5.74) is 4.06. The van der Waals surface area contributed by atoms with E-state index in [1.165, 1.54) is 22.7 Å². The number of amides is 2. The molecular weight excluding hydrogens is 581 g/mol. The fourth-order valence-electron chi connectivity index (χ4n) is 6.06. The fraction of sp³-hybridized carbons (Fsp3) is 0.290. The molecule has 2 aromatic carbocycles. The summed E-state index contributed by atoms with van der Waals surface area (Å²) in [7, 11) is 1.99. The molecule has 1 aliphatic carbocycles. The van der Waals surface area contributed by atoms with E-state index < -0.39 is 0 Å². The number of hydrogen-bond donors (Lipinski definition) is 3. The zero-order valence-electron chi connectivity index (χ0n) is 23.5. The molecule has 4 heterocycles. The van der Waals surface area contributed by atoms with Gasteiger partial charge in [0.25, 0.3) is 0 Å². The summed E-state index contributed by atoms with van der Waals surface area (Å²) in [5.74, 6) is 0.263. The molecule has 0 saturated heterocycles. The molecule has 0 unspecified atom stereocenters. The number of aryl methyl sites for hydroxylation is 1. The highest BCUT2D eigenvalue weighted by molar-refractivity contribution is 7.15. The molecule has 7 rings (SSSR count). The molecule has 218 valence electrons. The predicted molar refractivity (Wildman–Crippen MR) is 170 cm³/mol. The van der Waals surface area contributed by atoms with E-state index in [9.17, 15) is 9.59 Å². The third kappa shape index (κ3) is 5.80. The standard InChI is InChI=1S/C31H30N8O2S2/c1-39-17-21(23-10-3-5-12-25(23)39)15-27(41)34-31-38-36-29(43-31)19-8-6-7-18(13-19)28-35-37-30(42-28)33-26(40)14-20-16-32-24-11-4-2-9-22(20)24/h2-5,9-12,16-19,32H,6-8,13-15H2,1H3,(H,33,37,40)(H,34,38,41)/t18-,19-/m0/s1. The summed E-state index contributed by atoms with van der Waals surface area (Å²) in [4.78, 5) is 28.8. The maximum absolute atomic E-state index is 12.9. The Hall–Kier alpha value is -4.42. The van der Waals surface area contributed by atoms with Crippen molar-refractivity contribution in [3.05, 3.63) is 82.1 Å². The van der Waals surface area contributed by atoms with Gasteiger partial charge in [-0.1, -0.05) is 65.5 Å². The van der Waals surface area contributed by atoms with Gasteiger partial charge in [0.05, 0.1) is 12.8 Å². The van der Waals surface area contributed by atoms with Crippen molar-refractivity contribution in [1.82, 2.24) is 29.9 Å². The molecule has 0 bridgehead atoms. The maximum atomic E-state index is 12.9. The highest BCUT2D eigenvalue weighted by atomic mass is 32.1. The molecule has 2 amide bonds. The van der Waals surface area contributed by atoms with Gasteiger partial charge in [0.2, 0.25) is 22.1 Å². The molecule has 2 atom stereocenters. The molecule has 6 aromatic rings. The van der Waals surface area contributed by atoms with Crippen LogP contribution in [-0.4, -0.2) is 41.8 Å². The van der Waals surface area contributed by atoms with E-state index in [1.54, 1.807) is 0 Å². The Morgan fingerprint density at radius 3 is 2.14 bits per heavy atom. The molecule has 1 aliphatic rings. The number of aromatic nitrogens is 6. The van der Waals surface area contributed by atoms with Crippen LogP contribution in [0.25, 0.3) is 21.8 Å². The van der Waals surface area contributed by atoms with Gasteiger partial charge in [-0.3, -0.25) is 9.59 Å². The first-order valence-electron chi connectivity index (χ1n) is 14.3. The van der Waals surface area contributed by atoms with Crippen LogP contribution in [0.2, 0.25) is 0 Å². The zero-order chi connectivity index (χ0) is 29.3. The molecule has 1 saturated carbocycles.